The van der Waals surface area contributed by atoms with Gasteiger partial charge in [-0.1, -0.05) is 6.92 Å². The van der Waals surface area contributed by atoms with Crippen LogP contribution in [0.3, 0.4) is 0 Å². The standard InChI is InChI=1S/C13H18N4O2/c1-3-10-13(19)16-12(18)8-17(10)7-9-4-5-15-11(6-9)14-2/h4-6,10H,3,7-8H2,1-2H3,(H,14,15)(H,16,18,19). The minimum Gasteiger partial charge on any atom is -0.373 e. The van der Waals surface area contributed by atoms with E-state index in [1.165, 1.54) is 0 Å². The summed E-state index contributed by atoms with van der Waals surface area (Å²) in [5.74, 6) is 0.331. The van der Waals surface area contributed by atoms with Gasteiger partial charge in [-0.05, 0) is 24.1 Å². The van der Waals surface area contributed by atoms with Crippen molar-refractivity contribution in [2.75, 3.05) is 18.9 Å². The molecule has 1 aliphatic heterocycles. The zero-order valence-corrected chi connectivity index (χ0v) is 11.1. The highest BCUT2D eigenvalue weighted by Crippen LogP contribution is 2.15. The van der Waals surface area contributed by atoms with Gasteiger partial charge in [-0.2, -0.15) is 0 Å². The summed E-state index contributed by atoms with van der Waals surface area (Å²) in [5, 5.41) is 5.35. The zero-order chi connectivity index (χ0) is 13.8. The maximum Gasteiger partial charge on any atom is 0.243 e. The highest BCUT2D eigenvalue weighted by atomic mass is 16.2. The van der Waals surface area contributed by atoms with E-state index in [9.17, 15) is 9.59 Å². The average Bonchev–Trinajstić information content (AvgIpc) is 2.38. The molecular weight excluding hydrogens is 244 g/mol. The van der Waals surface area contributed by atoms with Crippen LogP contribution in [-0.2, 0) is 16.1 Å². The molecule has 0 radical (unpaired) electrons. The fourth-order valence-corrected chi connectivity index (χ4v) is 2.27. The van der Waals surface area contributed by atoms with Crippen LogP contribution in [-0.4, -0.2) is 41.3 Å². The summed E-state index contributed by atoms with van der Waals surface area (Å²) in [6.45, 7) is 2.76. The van der Waals surface area contributed by atoms with Crippen LogP contribution in [0.2, 0.25) is 0 Å². The second-order valence-electron chi connectivity index (χ2n) is 4.54. The van der Waals surface area contributed by atoms with Gasteiger partial charge in [-0.3, -0.25) is 19.8 Å². The second kappa shape index (κ2) is 5.79. The smallest absolute Gasteiger partial charge is 0.243 e. The van der Waals surface area contributed by atoms with Crippen molar-refractivity contribution >= 4 is 17.6 Å². The molecule has 0 bridgehead atoms. The number of piperazine rings is 1. The molecule has 0 aliphatic carbocycles. The quantitative estimate of drug-likeness (QED) is 0.766. The molecule has 1 aromatic rings. The van der Waals surface area contributed by atoms with Crippen molar-refractivity contribution in [2.45, 2.75) is 25.9 Å². The molecule has 6 heteroatoms. The number of amides is 2. The molecule has 6 nitrogen and oxygen atoms in total. The lowest BCUT2D eigenvalue weighted by Crippen LogP contribution is -2.57. The number of carbonyl (C=O) groups is 2. The van der Waals surface area contributed by atoms with Gasteiger partial charge in [0.2, 0.25) is 11.8 Å². The molecule has 2 rings (SSSR count). The van der Waals surface area contributed by atoms with E-state index in [4.69, 9.17) is 0 Å². The molecule has 1 unspecified atom stereocenters. The minimum absolute atomic E-state index is 0.207. The first-order chi connectivity index (χ1) is 9.13. The molecule has 1 atom stereocenters. The van der Waals surface area contributed by atoms with E-state index >= 15 is 0 Å². The van der Waals surface area contributed by atoms with Crippen LogP contribution in [0.5, 0.6) is 0 Å². The fourth-order valence-electron chi connectivity index (χ4n) is 2.27. The topological polar surface area (TPSA) is 74.3 Å². The molecule has 1 saturated heterocycles. The number of carbonyl (C=O) groups excluding carboxylic acids is 2. The maximum absolute atomic E-state index is 11.8. The van der Waals surface area contributed by atoms with Crippen molar-refractivity contribution in [3.8, 4) is 0 Å². The van der Waals surface area contributed by atoms with Gasteiger partial charge in [0.05, 0.1) is 12.6 Å². The number of rotatable bonds is 4. The molecule has 2 amide bonds. The molecule has 102 valence electrons. The number of nitrogens with one attached hydrogen (secondary N) is 2. The Bertz CT molecular complexity index is 489. The van der Waals surface area contributed by atoms with E-state index in [1.807, 2.05) is 24.0 Å². The number of aromatic nitrogens is 1. The molecule has 2 heterocycles. The zero-order valence-electron chi connectivity index (χ0n) is 11.1. The highest BCUT2D eigenvalue weighted by molar-refractivity contribution is 6.01. The van der Waals surface area contributed by atoms with Gasteiger partial charge in [0.25, 0.3) is 0 Å². The van der Waals surface area contributed by atoms with Crippen molar-refractivity contribution < 1.29 is 9.59 Å². The van der Waals surface area contributed by atoms with E-state index in [1.54, 1.807) is 13.2 Å². The van der Waals surface area contributed by atoms with Crippen LogP contribution in [0.1, 0.15) is 18.9 Å². The lowest BCUT2D eigenvalue weighted by Gasteiger charge is -2.33. The van der Waals surface area contributed by atoms with Crippen molar-refractivity contribution in [1.82, 2.24) is 15.2 Å². The fraction of sp³-hybridized carbons (Fsp3) is 0.462. The molecule has 0 aromatic carbocycles. The van der Waals surface area contributed by atoms with Crippen molar-refractivity contribution in [3.05, 3.63) is 23.9 Å². The van der Waals surface area contributed by atoms with E-state index in [0.717, 1.165) is 11.4 Å². The van der Waals surface area contributed by atoms with Gasteiger partial charge < -0.3 is 5.32 Å². The van der Waals surface area contributed by atoms with Crippen LogP contribution >= 0.6 is 0 Å². The summed E-state index contributed by atoms with van der Waals surface area (Å²) < 4.78 is 0. The Morgan fingerprint density at radius 3 is 3.00 bits per heavy atom. The highest BCUT2D eigenvalue weighted by Gasteiger charge is 2.32. The largest absolute Gasteiger partial charge is 0.373 e. The van der Waals surface area contributed by atoms with Crippen LogP contribution in [0, 0.1) is 0 Å². The Morgan fingerprint density at radius 1 is 1.53 bits per heavy atom. The summed E-state index contributed by atoms with van der Waals surface area (Å²) in [6, 6.07) is 3.57. The number of hydrogen-bond donors (Lipinski definition) is 2. The van der Waals surface area contributed by atoms with Gasteiger partial charge in [0.15, 0.2) is 0 Å². The van der Waals surface area contributed by atoms with Crippen molar-refractivity contribution in [3.63, 3.8) is 0 Å². The SMILES string of the molecule is CCC1C(=O)NC(=O)CN1Cc1ccnc(NC)c1. The molecule has 1 aromatic heterocycles. The second-order valence-corrected chi connectivity index (χ2v) is 4.54. The minimum atomic E-state index is -0.246. The van der Waals surface area contributed by atoms with Gasteiger partial charge in [-0.15, -0.1) is 0 Å². The maximum atomic E-state index is 11.8. The Kier molecular flexibility index (Phi) is 4.11. The third-order valence-electron chi connectivity index (χ3n) is 3.21. The summed E-state index contributed by atoms with van der Waals surface area (Å²) in [4.78, 5) is 29.3. The van der Waals surface area contributed by atoms with Crippen LogP contribution in [0.4, 0.5) is 5.82 Å². The monoisotopic (exact) mass is 262 g/mol. The molecule has 1 aliphatic rings. The third-order valence-corrected chi connectivity index (χ3v) is 3.21. The molecule has 1 fully saturated rings. The first-order valence-electron chi connectivity index (χ1n) is 6.34. The number of nitrogens with zero attached hydrogens (tertiary/aromatic N) is 2. The summed E-state index contributed by atoms with van der Waals surface area (Å²) in [6.07, 6.45) is 2.40. The van der Waals surface area contributed by atoms with Gasteiger partial charge in [-0.25, -0.2) is 4.98 Å². The number of anilines is 1. The van der Waals surface area contributed by atoms with Crippen LogP contribution < -0.4 is 10.6 Å². The van der Waals surface area contributed by atoms with E-state index < -0.39 is 0 Å². The van der Waals surface area contributed by atoms with Gasteiger partial charge in [0.1, 0.15) is 5.82 Å². The normalized spacial score (nSPS) is 20.2. The third kappa shape index (κ3) is 3.08. The van der Waals surface area contributed by atoms with E-state index in [0.29, 0.717) is 13.0 Å². The number of hydrogen-bond acceptors (Lipinski definition) is 5. The number of pyridine rings is 1. The summed E-state index contributed by atoms with van der Waals surface area (Å²) in [5.41, 5.74) is 1.03. The predicted molar refractivity (Wildman–Crippen MR) is 71.4 cm³/mol. The molecule has 0 spiro atoms. The summed E-state index contributed by atoms with van der Waals surface area (Å²) >= 11 is 0. The molecule has 0 saturated carbocycles. The lowest BCUT2D eigenvalue weighted by molar-refractivity contribution is -0.140. The predicted octanol–water partition coefficient (Wildman–Crippen LogP) is 0.360. The Labute approximate surface area is 112 Å². The van der Waals surface area contributed by atoms with Crippen molar-refractivity contribution in [2.24, 2.45) is 0 Å². The first-order valence-corrected chi connectivity index (χ1v) is 6.34. The average molecular weight is 262 g/mol. The molecule has 2 N–H and O–H groups in total. The lowest BCUT2D eigenvalue weighted by atomic mass is 10.1. The van der Waals surface area contributed by atoms with E-state index in [2.05, 4.69) is 15.6 Å². The Hall–Kier alpha value is -1.95. The van der Waals surface area contributed by atoms with E-state index in [-0.39, 0.29) is 24.4 Å². The van der Waals surface area contributed by atoms with Gasteiger partial charge >= 0.3 is 0 Å². The summed E-state index contributed by atoms with van der Waals surface area (Å²) in [7, 11) is 1.80. The first kappa shape index (κ1) is 13.5. The Morgan fingerprint density at radius 2 is 2.32 bits per heavy atom. The van der Waals surface area contributed by atoms with Crippen LogP contribution in [0.25, 0.3) is 0 Å². The van der Waals surface area contributed by atoms with Gasteiger partial charge in [0, 0.05) is 19.8 Å². The Balaban J connectivity index is 2.14. The molecular formula is C13H18N4O2. The number of imide groups is 1. The van der Waals surface area contributed by atoms with Crippen molar-refractivity contribution in [1.29, 1.82) is 0 Å². The van der Waals surface area contributed by atoms with Crippen LogP contribution in [0.15, 0.2) is 18.3 Å². The molecule has 19 heavy (non-hydrogen) atoms.